The van der Waals surface area contributed by atoms with Crippen LogP contribution in [0.25, 0.3) is 0 Å². The lowest BCUT2D eigenvalue weighted by atomic mass is 10.3. The number of anilines is 1. The number of esters is 1. The molecule has 0 atom stereocenters. The number of carbonyl (C=O) groups excluding carboxylic acids is 1. The maximum atomic E-state index is 11.9. The van der Waals surface area contributed by atoms with Crippen molar-refractivity contribution in [2.75, 3.05) is 30.3 Å². The van der Waals surface area contributed by atoms with E-state index in [4.69, 9.17) is 9.47 Å². The first-order valence-corrected chi connectivity index (χ1v) is 8.72. The Bertz CT molecular complexity index is 550. The molecule has 0 amide bonds. The summed E-state index contributed by atoms with van der Waals surface area (Å²) < 4.78 is 36.1. The monoisotopic (exact) mass is 321 g/mol. The van der Waals surface area contributed by atoms with Crippen LogP contribution >= 0.6 is 11.3 Å². The van der Waals surface area contributed by atoms with E-state index in [9.17, 15) is 13.2 Å². The van der Waals surface area contributed by atoms with Gasteiger partial charge in [0.25, 0.3) is 0 Å². The van der Waals surface area contributed by atoms with Crippen LogP contribution in [0.15, 0.2) is 6.07 Å². The highest BCUT2D eigenvalue weighted by Gasteiger charge is 2.20. The highest BCUT2D eigenvalue weighted by molar-refractivity contribution is 7.92. The molecule has 0 bridgehead atoms. The molecule has 0 spiro atoms. The first-order valence-electron chi connectivity index (χ1n) is 6.25. The van der Waals surface area contributed by atoms with Crippen molar-refractivity contribution < 1.29 is 22.7 Å². The molecule has 8 heteroatoms. The molecular formula is C12H19NO5S2. The highest BCUT2D eigenvalue weighted by Crippen LogP contribution is 2.29. The summed E-state index contributed by atoms with van der Waals surface area (Å²) in [5.41, 5.74) is 0.245. The normalized spacial score (nSPS) is 11.3. The van der Waals surface area contributed by atoms with Gasteiger partial charge in [-0.15, -0.1) is 11.3 Å². The Balaban J connectivity index is 2.84. The van der Waals surface area contributed by atoms with E-state index >= 15 is 0 Å². The van der Waals surface area contributed by atoms with E-state index in [2.05, 4.69) is 4.72 Å². The molecule has 0 unspecified atom stereocenters. The quantitative estimate of drug-likeness (QED) is 0.585. The topological polar surface area (TPSA) is 81.7 Å². The molecule has 114 valence electrons. The van der Waals surface area contributed by atoms with Crippen LogP contribution in [0.5, 0.6) is 0 Å². The molecule has 1 aromatic rings. The Morgan fingerprint density at radius 1 is 1.35 bits per heavy atom. The zero-order chi connectivity index (χ0) is 15.2. The predicted octanol–water partition coefficient (Wildman–Crippen LogP) is 2.01. The van der Waals surface area contributed by atoms with Crippen molar-refractivity contribution >= 4 is 32.3 Å². The van der Waals surface area contributed by atoms with Gasteiger partial charge < -0.3 is 9.47 Å². The van der Waals surface area contributed by atoms with E-state index in [0.29, 0.717) is 6.61 Å². The molecule has 1 heterocycles. The predicted molar refractivity (Wildman–Crippen MR) is 78.9 cm³/mol. The fourth-order valence-electron chi connectivity index (χ4n) is 1.46. The SMILES string of the molecule is CCOCCS(=O)(=O)Nc1sc(C)cc1C(=O)OCC. The minimum Gasteiger partial charge on any atom is -0.462 e. The molecule has 6 nitrogen and oxygen atoms in total. The maximum absolute atomic E-state index is 11.9. The molecule has 0 aliphatic rings. The average Bonchev–Trinajstić information content (AvgIpc) is 2.70. The minimum absolute atomic E-state index is 0.116. The van der Waals surface area contributed by atoms with E-state index in [1.807, 2.05) is 0 Å². The Kier molecular flexibility index (Phi) is 6.44. The molecule has 1 aromatic heterocycles. The van der Waals surface area contributed by atoms with Crippen LogP contribution < -0.4 is 4.72 Å². The Hall–Kier alpha value is -1.12. The van der Waals surface area contributed by atoms with Gasteiger partial charge in [-0.2, -0.15) is 0 Å². The van der Waals surface area contributed by atoms with Crippen LogP contribution in [0.1, 0.15) is 29.1 Å². The van der Waals surface area contributed by atoms with Crippen molar-refractivity contribution in [3.8, 4) is 0 Å². The average molecular weight is 321 g/mol. The summed E-state index contributed by atoms with van der Waals surface area (Å²) in [7, 11) is -3.54. The smallest absolute Gasteiger partial charge is 0.341 e. The van der Waals surface area contributed by atoms with Crippen LogP contribution in [-0.2, 0) is 19.5 Å². The first kappa shape index (κ1) is 16.9. The van der Waals surface area contributed by atoms with Crippen molar-refractivity contribution in [2.45, 2.75) is 20.8 Å². The van der Waals surface area contributed by atoms with Crippen LogP contribution in [-0.4, -0.2) is 40.0 Å². The van der Waals surface area contributed by atoms with Gasteiger partial charge in [-0.05, 0) is 26.8 Å². The Morgan fingerprint density at radius 2 is 2.05 bits per heavy atom. The van der Waals surface area contributed by atoms with E-state index in [-0.39, 0.29) is 29.5 Å². The largest absolute Gasteiger partial charge is 0.462 e. The van der Waals surface area contributed by atoms with Gasteiger partial charge in [0.15, 0.2) is 0 Å². The van der Waals surface area contributed by atoms with Crippen molar-refractivity contribution in [1.82, 2.24) is 0 Å². The Labute approximate surface area is 123 Å². The molecule has 0 fully saturated rings. The Morgan fingerprint density at radius 3 is 2.65 bits per heavy atom. The number of nitrogens with one attached hydrogen (secondary N) is 1. The van der Waals surface area contributed by atoms with E-state index < -0.39 is 16.0 Å². The van der Waals surface area contributed by atoms with Crippen LogP contribution in [0.3, 0.4) is 0 Å². The second kappa shape index (κ2) is 7.61. The molecule has 0 aliphatic heterocycles. The molecule has 0 saturated heterocycles. The number of hydrogen-bond acceptors (Lipinski definition) is 6. The van der Waals surface area contributed by atoms with Gasteiger partial charge in [-0.3, -0.25) is 4.72 Å². The zero-order valence-electron chi connectivity index (χ0n) is 11.8. The van der Waals surface area contributed by atoms with Gasteiger partial charge in [0, 0.05) is 11.5 Å². The lowest BCUT2D eigenvalue weighted by molar-refractivity contribution is 0.0528. The number of ether oxygens (including phenoxy) is 2. The molecule has 0 saturated carbocycles. The second-order valence-corrected chi connectivity index (χ2v) is 7.04. The summed E-state index contributed by atoms with van der Waals surface area (Å²) in [4.78, 5) is 12.6. The fraction of sp³-hybridized carbons (Fsp3) is 0.583. The number of rotatable bonds is 8. The van der Waals surface area contributed by atoms with Gasteiger partial charge in [-0.25, -0.2) is 13.2 Å². The second-order valence-electron chi connectivity index (χ2n) is 3.94. The molecule has 1 rings (SSSR count). The third-order valence-electron chi connectivity index (χ3n) is 2.30. The van der Waals surface area contributed by atoms with Crippen molar-refractivity contribution in [3.05, 3.63) is 16.5 Å². The third-order valence-corrected chi connectivity index (χ3v) is 4.61. The van der Waals surface area contributed by atoms with Crippen LogP contribution in [0.4, 0.5) is 5.00 Å². The van der Waals surface area contributed by atoms with Gasteiger partial charge in [0.1, 0.15) is 5.00 Å². The molecule has 1 N–H and O–H groups in total. The number of hydrogen-bond donors (Lipinski definition) is 1. The van der Waals surface area contributed by atoms with E-state index in [1.165, 1.54) is 11.3 Å². The summed E-state index contributed by atoms with van der Waals surface area (Å²) in [6.45, 7) is 6.10. The number of thiophene rings is 1. The number of aryl methyl sites for hydroxylation is 1. The fourth-order valence-corrected chi connectivity index (χ4v) is 3.59. The molecule has 0 aliphatic carbocycles. The van der Waals surface area contributed by atoms with Crippen molar-refractivity contribution in [3.63, 3.8) is 0 Å². The maximum Gasteiger partial charge on any atom is 0.341 e. The summed E-state index contributed by atoms with van der Waals surface area (Å²) in [6, 6.07) is 1.61. The lowest BCUT2D eigenvalue weighted by Gasteiger charge is -2.08. The van der Waals surface area contributed by atoms with E-state index in [0.717, 1.165) is 4.88 Å². The number of carbonyl (C=O) groups is 1. The standard InChI is InChI=1S/C12H19NO5S2/c1-4-17-6-7-20(15,16)13-11-10(8-9(3)19-11)12(14)18-5-2/h8,13H,4-7H2,1-3H3. The zero-order valence-corrected chi connectivity index (χ0v) is 13.4. The summed E-state index contributed by atoms with van der Waals surface area (Å²) in [5.74, 6) is -0.681. The summed E-state index contributed by atoms with van der Waals surface area (Å²) in [5, 5.41) is 0.289. The van der Waals surface area contributed by atoms with Crippen molar-refractivity contribution in [2.24, 2.45) is 0 Å². The van der Waals surface area contributed by atoms with Crippen LogP contribution in [0, 0.1) is 6.92 Å². The molecule has 0 radical (unpaired) electrons. The third kappa shape index (κ3) is 5.10. The summed E-state index contributed by atoms with van der Waals surface area (Å²) in [6.07, 6.45) is 0. The van der Waals surface area contributed by atoms with Gasteiger partial charge >= 0.3 is 5.97 Å². The number of sulfonamides is 1. The van der Waals surface area contributed by atoms with E-state index in [1.54, 1.807) is 26.8 Å². The van der Waals surface area contributed by atoms with Gasteiger partial charge in [0.2, 0.25) is 10.0 Å². The van der Waals surface area contributed by atoms with Gasteiger partial charge in [0.05, 0.1) is 24.5 Å². The highest BCUT2D eigenvalue weighted by atomic mass is 32.2. The molecule has 20 heavy (non-hydrogen) atoms. The van der Waals surface area contributed by atoms with Crippen molar-refractivity contribution in [1.29, 1.82) is 0 Å². The summed E-state index contributed by atoms with van der Waals surface area (Å²) >= 11 is 1.20. The van der Waals surface area contributed by atoms with Gasteiger partial charge in [-0.1, -0.05) is 0 Å². The minimum atomic E-state index is -3.54. The first-order chi connectivity index (χ1) is 9.39. The van der Waals surface area contributed by atoms with Crippen LogP contribution in [0.2, 0.25) is 0 Å². The molecule has 0 aromatic carbocycles. The molecular weight excluding hydrogens is 302 g/mol. The lowest BCUT2D eigenvalue weighted by Crippen LogP contribution is -2.21.